The molecule has 1 amide bonds. The van der Waals surface area contributed by atoms with E-state index >= 15 is 0 Å². The van der Waals surface area contributed by atoms with E-state index in [4.69, 9.17) is 10.6 Å². The molecule has 3 N–H and O–H groups in total. The summed E-state index contributed by atoms with van der Waals surface area (Å²) in [6.07, 6.45) is 0. The van der Waals surface area contributed by atoms with Crippen LogP contribution in [-0.2, 0) is 11.4 Å². The SMILES string of the molecule is CCNC(=O)[C@@H](C)Sc1nnc(COc2cc(C)ccc2C(C)C)n1N. The summed E-state index contributed by atoms with van der Waals surface area (Å²) in [5.74, 6) is 7.71. The molecule has 0 saturated heterocycles. The summed E-state index contributed by atoms with van der Waals surface area (Å²) in [4.78, 5) is 11.9. The lowest BCUT2D eigenvalue weighted by atomic mass is 10.0. The van der Waals surface area contributed by atoms with E-state index in [0.717, 1.165) is 16.9 Å². The number of carbonyl (C=O) groups excluding carboxylic acids is 1. The number of nitrogens with zero attached hydrogens (tertiary/aromatic N) is 3. The third-order valence-corrected chi connectivity index (χ3v) is 4.94. The average molecular weight is 378 g/mol. The second-order valence-electron chi connectivity index (χ2n) is 6.41. The van der Waals surface area contributed by atoms with Gasteiger partial charge in [0.05, 0.1) is 5.25 Å². The van der Waals surface area contributed by atoms with Crippen LogP contribution in [0.2, 0.25) is 0 Å². The number of aromatic nitrogens is 3. The van der Waals surface area contributed by atoms with Crippen LogP contribution in [0.25, 0.3) is 0 Å². The van der Waals surface area contributed by atoms with Gasteiger partial charge in [0.15, 0.2) is 5.82 Å². The molecule has 0 bridgehead atoms. The molecule has 1 heterocycles. The molecule has 2 aromatic rings. The number of rotatable bonds is 8. The van der Waals surface area contributed by atoms with E-state index in [0.29, 0.717) is 23.4 Å². The maximum Gasteiger partial charge on any atom is 0.233 e. The molecule has 7 nitrogen and oxygen atoms in total. The summed E-state index contributed by atoms with van der Waals surface area (Å²) in [5.41, 5.74) is 2.27. The summed E-state index contributed by atoms with van der Waals surface area (Å²) < 4.78 is 7.34. The topological polar surface area (TPSA) is 95.1 Å². The van der Waals surface area contributed by atoms with Crippen LogP contribution in [0.15, 0.2) is 23.4 Å². The largest absolute Gasteiger partial charge is 0.485 e. The molecule has 1 aromatic heterocycles. The van der Waals surface area contributed by atoms with Crippen LogP contribution in [0.1, 0.15) is 50.6 Å². The standard InChI is InChI=1S/C18H27N5O2S/c1-6-20-17(24)13(5)26-18-22-21-16(23(18)19)10-25-15-9-12(4)7-8-14(15)11(2)3/h7-9,11,13H,6,10,19H2,1-5H3,(H,20,24)/t13-/m1/s1. The molecule has 1 aromatic carbocycles. The van der Waals surface area contributed by atoms with Gasteiger partial charge in [0, 0.05) is 6.54 Å². The summed E-state index contributed by atoms with van der Waals surface area (Å²) in [5, 5.41) is 11.1. The van der Waals surface area contributed by atoms with Crippen LogP contribution in [0.5, 0.6) is 5.75 Å². The zero-order valence-corrected chi connectivity index (χ0v) is 16.8. The van der Waals surface area contributed by atoms with Crippen molar-refractivity contribution in [3.8, 4) is 5.75 Å². The van der Waals surface area contributed by atoms with Gasteiger partial charge in [-0.05, 0) is 43.9 Å². The van der Waals surface area contributed by atoms with Gasteiger partial charge in [-0.3, -0.25) is 4.79 Å². The van der Waals surface area contributed by atoms with Gasteiger partial charge in [0.1, 0.15) is 12.4 Å². The number of hydrogen-bond acceptors (Lipinski definition) is 6. The molecular weight excluding hydrogens is 350 g/mol. The van der Waals surface area contributed by atoms with Crippen molar-refractivity contribution in [2.24, 2.45) is 0 Å². The lowest BCUT2D eigenvalue weighted by Crippen LogP contribution is -2.31. The second kappa shape index (κ2) is 8.93. The molecular formula is C18H27N5O2S. The first-order valence-corrected chi connectivity index (χ1v) is 9.58. The monoisotopic (exact) mass is 377 g/mol. The second-order valence-corrected chi connectivity index (χ2v) is 7.72. The lowest BCUT2D eigenvalue weighted by molar-refractivity contribution is -0.120. The lowest BCUT2D eigenvalue weighted by Gasteiger charge is -2.14. The van der Waals surface area contributed by atoms with Gasteiger partial charge < -0.3 is 15.9 Å². The van der Waals surface area contributed by atoms with Crippen LogP contribution in [0, 0.1) is 6.92 Å². The third kappa shape index (κ3) is 4.91. The zero-order valence-electron chi connectivity index (χ0n) is 15.9. The highest BCUT2D eigenvalue weighted by Gasteiger charge is 2.19. The van der Waals surface area contributed by atoms with Crippen molar-refractivity contribution in [1.29, 1.82) is 0 Å². The number of amides is 1. The first-order chi connectivity index (χ1) is 12.3. The van der Waals surface area contributed by atoms with Crippen LogP contribution >= 0.6 is 11.8 Å². The van der Waals surface area contributed by atoms with Gasteiger partial charge in [-0.1, -0.05) is 37.7 Å². The zero-order chi connectivity index (χ0) is 19.3. The fourth-order valence-corrected chi connectivity index (χ4v) is 3.21. The normalized spacial score (nSPS) is 12.2. The summed E-state index contributed by atoms with van der Waals surface area (Å²) in [6, 6.07) is 6.17. The summed E-state index contributed by atoms with van der Waals surface area (Å²) >= 11 is 1.27. The molecule has 142 valence electrons. The molecule has 8 heteroatoms. The minimum absolute atomic E-state index is 0.0559. The molecule has 1 atom stereocenters. The molecule has 0 aliphatic carbocycles. The maximum absolute atomic E-state index is 11.9. The van der Waals surface area contributed by atoms with Crippen molar-refractivity contribution in [2.75, 3.05) is 12.4 Å². The minimum Gasteiger partial charge on any atom is -0.485 e. The number of hydrogen-bond donors (Lipinski definition) is 2. The van der Waals surface area contributed by atoms with Crippen LogP contribution < -0.4 is 15.9 Å². The first-order valence-electron chi connectivity index (χ1n) is 8.70. The number of thioether (sulfide) groups is 1. The Morgan fingerprint density at radius 3 is 2.73 bits per heavy atom. The van der Waals surface area contributed by atoms with Gasteiger partial charge in [0.25, 0.3) is 0 Å². The Morgan fingerprint density at radius 1 is 1.35 bits per heavy atom. The summed E-state index contributed by atoms with van der Waals surface area (Å²) in [7, 11) is 0. The Labute approximate surface area is 158 Å². The highest BCUT2D eigenvalue weighted by atomic mass is 32.2. The third-order valence-electron chi connectivity index (χ3n) is 3.89. The Bertz CT molecular complexity index is 760. The maximum atomic E-state index is 11.9. The Kier molecular flexibility index (Phi) is 6.90. The van der Waals surface area contributed by atoms with E-state index < -0.39 is 0 Å². The van der Waals surface area contributed by atoms with Gasteiger partial charge in [-0.15, -0.1) is 10.2 Å². The van der Waals surface area contributed by atoms with Crippen molar-refractivity contribution in [3.63, 3.8) is 0 Å². The van der Waals surface area contributed by atoms with Crippen molar-refractivity contribution in [1.82, 2.24) is 20.2 Å². The minimum atomic E-state index is -0.306. The van der Waals surface area contributed by atoms with E-state index in [2.05, 4.69) is 41.5 Å². The van der Waals surface area contributed by atoms with Gasteiger partial charge in [-0.25, -0.2) is 4.68 Å². The van der Waals surface area contributed by atoms with Crippen molar-refractivity contribution in [2.45, 2.75) is 57.5 Å². The van der Waals surface area contributed by atoms with E-state index in [9.17, 15) is 4.79 Å². The van der Waals surface area contributed by atoms with Gasteiger partial charge >= 0.3 is 0 Å². The van der Waals surface area contributed by atoms with E-state index in [1.165, 1.54) is 16.4 Å². The van der Waals surface area contributed by atoms with Crippen LogP contribution in [0.3, 0.4) is 0 Å². The molecule has 26 heavy (non-hydrogen) atoms. The number of carbonyl (C=O) groups is 1. The molecule has 0 unspecified atom stereocenters. The van der Waals surface area contributed by atoms with E-state index in [1.807, 2.05) is 26.8 Å². The van der Waals surface area contributed by atoms with E-state index in [1.54, 1.807) is 0 Å². The highest BCUT2D eigenvalue weighted by molar-refractivity contribution is 8.00. The van der Waals surface area contributed by atoms with Crippen LogP contribution in [0.4, 0.5) is 0 Å². The quantitative estimate of drug-likeness (QED) is 0.542. The van der Waals surface area contributed by atoms with Crippen molar-refractivity contribution in [3.05, 3.63) is 35.2 Å². The number of nitrogens with one attached hydrogen (secondary N) is 1. The average Bonchev–Trinajstić information content (AvgIpc) is 2.93. The number of ether oxygens (including phenoxy) is 1. The Morgan fingerprint density at radius 2 is 2.08 bits per heavy atom. The molecule has 0 saturated carbocycles. The molecule has 0 aliphatic heterocycles. The fourth-order valence-electron chi connectivity index (χ4n) is 2.40. The number of aryl methyl sites for hydroxylation is 1. The predicted molar refractivity (Wildman–Crippen MR) is 104 cm³/mol. The van der Waals surface area contributed by atoms with Crippen molar-refractivity contribution >= 4 is 17.7 Å². The van der Waals surface area contributed by atoms with Gasteiger partial charge in [0.2, 0.25) is 11.1 Å². The number of nitrogens with two attached hydrogens (primary N) is 1. The first kappa shape index (κ1) is 20.1. The van der Waals surface area contributed by atoms with E-state index in [-0.39, 0.29) is 17.8 Å². The Hall–Kier alpha value is -2.22. The predicted octanol–water partition coefficient (Wildman–Crippen LogP) is 2.62. The van der Waals surface area contributed by atoms with Crippen LogP contribution in [-0.4, -0.2) is 32.6 Å². The molecule has 0 aliphatic rings. The van der Waals surface area contributed by atoms with Gasteiger partial charge in [-0.2, -0.15) is 0 Å². The molecule has 2 rings (SSSR count). The summed E-state index contributed by atoms with van der Waals surface area (Å²) in [6.45, 7) is 10.8. The molecule has 0 fully saturated rings. The fraction of sp³-hybridized carbons (Fsp3) is 0.500. The number of nitrogen functional groups attached to an aromatic ring is 1. The van der Waals surface area contributed by atoms with Crippen molar-refractivity contribution < 1.29 is 9.53 Å². The Balaban J connectivity index is 2.07. The molecule has 0 spiro atoms. The molecule has 0 radical (unpaired) electrons. The smallest absolute Gasteiger partial charge is 0.233 e. The highest BCUT2D eigenvalue weighted by Crippen LogP contribution is 2.28. The number of benzene rings is 1.